The molecule has 2 fully saturated rings. The molecule has 0 saturated carbocycles. The molecule has 0 atom stereocenters. The van der Waals surface area contributed by atoms with E-state index in [1.54, 1.807) is 17.0 Å². The second kappa shape index (κ2) is 7.83. The van der Waals surface area contributed by atoms with E-state index in [-0.39, 0.29) is 44.8 Å². The van der Waals surface area contributed by atoms with E-state index in [9.17, 15) is 22.4 Å². The van der Waals surface area contributed by atoms with Gasteiger partial charge in [0.05, 0.1) is 6.42 Å². The predicted octanol–water partition coefficient (Wildman–Crippen LogP) is 2.14. The molecule has 2 amide bonds. The Hall–Kier alpha value is -2.74. The van der Waals surface area contributed by atoms with Crippen LogP contribution in [0.4, 0.5) is 4.39 Å². The van der Waals surface area contributed by atoms with E-state index in [0.29, 0.717) is 5.56 Å². The van der Waals surface area contributed by atoms with Crippen LogP contribution in [0.15, 0.2) is 54.6 Å². The third-order valence-corrected chi connectivity index (χ3v) is 8.42. The Bertz CT molecular complexity index is 1060. The minimum Gasteiger partial charge on any atom is -0.342 e. The summed E-state index contributed by atoms with van der Waals surface area (Å²) in [6, 6.07) is 15.2. The molecule has 2 aliphatic heterocycles. The van der Waals surface area contributed by atoms with Crippen molar-refractivity contribution in [2.75, 3.05) is 18.8 Å². The molecular formula is C22H23FN2O4S. The Morgan fingerprint density at radius 3 is 2.33 bits per heavy atom. The highest BCUT2D eigenvalue weighted by molar-refractivity contribution is 7.93. The molecule has 158 valence electrons. The molecule has 0 N–H and O–H groups in total. The number of rotatable bonds is 4. The maximum Gasteiger partial charge on any atom is 0.239 e. The molecule has 0 aromatic heterocycles. The van der Waals surface area contributed by atoms with Crippen LogP contribution in [0.2, 0.25) is 0 Å². The molecule has 2 aromatic rings. The predicted molar refractivity (Wildman–Crippen MR) is 109 cm³/mol. The lowest BCUT2D eigenvalue weighted by molar-refractivity contribution is -0.135. The van der Waals surface area contributed by atoms with Gasteiger partial charge in [0.25, 0.3) is 0 Å². The van der Waals surface area contributed by atoms with Crippen LogP contribution >= 0.6 is 0 Å². The summed E-state index contributed by atoms with van der Waals surface area (Å²) in [5, 5.41) is 0. The van der Waals surface area contributed by atoms with Gasteiger partial charge in [-0.3, -0.25) is 9.59 Å². The molecule has 4 rings (SSSR count). The zero-order chi connectivity index (χ0) is 21.4. The smallest absolute Gasteiger partial charge is 0.239 e. The van der Waals surface area contributed by atoms with Crippen molar-refractivity contribution in [1.29, 1.82) is 0 Å². The van der Waals surface area contributed by atoms with E-state index in [4.69, 9.17) is 0 Å². The number of hydrogen-bond donors (Lipinski definition) is 0. The Kier molecular flexibility index (Phi) is 5.36. The van der Waals surface area contributed by atoms with Crippen LogP contribution in [0.1, 0.15) is 24.0 Å². The second-order valence-corrected chi connectivity index (χ2v) is 10.1. The molecular weight excluding hydrogens is 407 g/mol. The van der Waals surface area contributed by atoms with Crippen molar-refractivity contribution in [2.45, 2.75) is 30.7 Å². The lowest BCUT2D eigenvalue weighted by atomic mass is 10.00. The number of nitrogens with zero attached hydrogens (tertiary/aromatic N) is 2. The second-order valence-electron chi connectivity index (χ2n) is 7.86. The van der Waals surface area contributed by atoms with E-state index >= 15 is 0 Å². The van der Waals surface area contributed by atoms with Crippen LogP contribution in [-0.2, 0) is 32.4 Å². The summed E-state index contributed by atoms with van der Waals surface area (Å²) < 4.78 is 39.3. The lowest BCUT2D eigenvalue weighted by Crippen LogP contribution is -2.56. The number of benzene rings is 2. The van der Waals surface area contributed by atoms with Crippen molar-refractivity contribution >= 4 is 21.7 Å². The molecule has 2 aromatic carbocycles. The molecule has 0 bridgehead atoms. The van der Waals surface area contributed by atoms with Crippen molar-refractivity contribution in [3.8, 4) is 0 Å². The zero-order valence-corrected chi connectivity index (χ0v) is 17.3. The van der Waals surface area contributed by atoms with Gasteiger partial charge in [-0.05, 0) is 23.3 Å². The summed E-state index contributed by atoms with van der Waals surface area (Å²) in [6.45, 7) is 0.716. The first-order chi connectivity index (χ1) is 14.3. The number of likely N-dealkylation sites (tertiary alicyclic amines) is 1. The number of carbonyl (C=O) groups is 2. The summed E-state index contributed by atoms with van der Waals surface area (Å²) in [5.41, 5.74) is 1.45. The van der Waals surface area contributed by atoms with Crippen LogP contribution in [0.5, 0.6) is 0 Å². The summed E-state index contributed by atoms with van der Waals surface area (Å²) >= 11 is 0. The topological polar surface area (TPSA) is 74.8 Å². The summed E-state index contributed by atoms with van der Waals surface area (Å²) in [6.07, 6.45) is 0.426. The highest BCUT2D eigenvalue weighted by atomic mass is 32.2. The number of halogens is 1. The average Bonchev–Trinajstić information content (AvgIpc) is 2.89. The minimum atomic E-state index is -3.65. The van der Waals surface area contributed by atoms with Crippen molar-refractivity contribution in [1.82, 2.24) is 9.80 Å². The monoisotopic (exact) mass is 430 g/mol. The summed E-state index contributed by atoms with van der Waals surface area (Å²) in [5.74, 6) is -1.45. The van der Waals surface area contributed by atoms with E-state index in [2.05, 4.69) is 0 Å². The fourth-order valence-electron chi connectivity index (χ4n) is 4.39. The molecule has 2 saturated heterocycles. The van der Waals surface area contributed by atoms with E-state index in [1.165, 1.54) is 17.0 Å². The standard InChI is InChI=1S/C22H23FN2O4S/c23-19-8-4-7-18(13-19)14-20(26)24-11-9-22(10-12-24)25(21(27)16-30(22,28)29)15-17-5-2-1-3-6-17/h1-8,13H,9-12,14-16H2. The first-order valence-electron chi connectivity index (χ1n) is 9.90. The number of carbonyl (C=O) groups excluding carboxylic acids is 2. The SMILES string of the molecule is O=C(Cc1cccc(F)c1)N1CCC2(CC1)N(Cc1ccccc1)C(=O)CS2(=O)=O. The molecule has 2 heterocycles. The minimum absolute atomic E-state index is 0.0597. The normalized spacial score (nSPS) is 20.0. The number of hydrogen-bond acceptors (Lipinski definition) is 4. The average molecular weight is 431 g/mol. The zero-order valence-electron chi connectivity index (χ0n) is 16.5. The maximum absolute atomic E-state index is 13.4. The van der Waals surface area contributed by atoms with Crippen molar-refractivity contribution in [2.24, 2.45) is 0 Å². The van der Waals surface area contributed by atoms with Crippen molar-refractivity contribution < 1.29 is 22.4 Å². The van der Waals surface area contributed by atoms with Crippen LogP contribution < -0.4 is 0 Å². The molecule has 0 radical (unpaired) electrons. The molecule has 0 unspecified atom stereocenters. The van der Waals surface area contributed by atoms with E-state index < -0.39 is 32.2 Å². The quantitative estimate of drug-likeness (QED) is 0.745. The number of amides is 2. The van der Waals surface area contributed by atoms with Gasteiger partial charge >= 0.3 is 0 Å². The third kappa shape index (κ3) is 3.71. The highest BCUT2D eigenvalue weighted by Crippen LogP contribution is 2.41. The van der Waals surface area contributed by atoms with Gasteiger partial charge in [-0.1, -0.05) is 42.5 Å². The molecule has 6 nitrogen and oxygen atoms in total. The van der Waals surface area contributed by atoms with Gasteiger partial charge in [0.2, 0.25) is 11.8 Å². The molecule has 0 aliphatic carbocycles. The first kappa shape index (κ1) is 20.5. The van der Waals surface area contributed by atoms with E-state index in [0.717, 1.165) is 5.56 Å². The number of piperidine rings is 1. The van der Waals surface area contributed by atoms with Crippen LogP contribution in [0.25, 0.3) is 0 Å². The van der Waals surface area contributed by atoms with Gasteiger partial charge in [-0.2, -0.15) is 0 Å². The van der Waals surface area contributed by atoms with Crippen molar-refractivity contribution in [3.63, 3.8) is 0 Å². The molecule has 30 heavy (non-hydrogen) atoms. The van der Waals surface area contributed by atoms with Gasteiger partial charge in [0.15, 0.2) is 9.84 Å². The van der Waals surface area contributed by atoms with Gasteiger partial charge < -0.3 is 9.80 Å². The summed E-state index contributed by atoms with van der Waals surface area (Å²) in [7, 11) is -3.65. The van der Waals surface area contributed by atoms with Gasteiger partial charge in [-0.15, -0.1) is 0 Å². The number of sulfone groups is 1. The van der Waals surface area contributed by atoms with Crippen LogP contribution in [0.3, 0.4) is 0 Å². The molecule has 2 aliphatic rings. The largest absolute Gasteiger partial charge is 0.342 e. The Morgan fingerprint density at radius 2 is 1.67 bits per heavy atom. The maximum atomic E-state index is 13.4. The third-order valence-electron chi connectivity index (χ3n) is 6.01. The Morgan fingerprint density at radius 1 is 1.00 bits per heavy atom. The molecule has 1 spiro atoms. The van der Waals surface area contributed by atoms with Crippen LogP contribution in [0, 0.1) is 5.82 Å². The van der Waals surface area contributed by atoms with Gasteiger partial charge in [-0.25, -0.2) is 12.8 Å². The lowest BCUT2D eigenvalue weighted by Gasteiger charge is -2.43. The summed E-state index contributed by atoms with van der Waals surface area (Å²) in [4.78, 5) is 27.1. The van der Waals surface area contributed by atoms with Crippen LogP contribution in [-0.4, -0.2) is 53.7 Å². The fraction of sp³-hybridized carbons (Fsp3) is 0.364. The first-order valence-corrected chi connectivity index (χ1v) is 11.5. The molecule has 8 heteroatoms. The Balaban J connectivity index is 1.50. The Labute approximate surface area is 175 Å². The van der Waals surface area contributed by atoms with E-state index in [1.807, 2.05) is 30.3 Å². The highest BCUT2D eigenvalue weighted by Gasteiger charge is 2.58. The van der Waals surface area contributed by atoms with Crippen molar-refractivity contribution in [3.05, 3.63) is 71.5 Å². The van der Waals surface area contributed by atoms with Gasteiger partial charge in [0.1, 0.15) is 16.4 Å². The fourth-order valence-corrected chi connectivity index (χ4v) is 6.44. The van der Waals surface area contributed by atoms with Gasteiger partial charge in [0, 0.05) is 32.5 Å².